The fourth-order valence-electron chi connectivity index (χ4n) is 3.22. The van der Waals surface area contributed by atoms with E-state index in [9.17, 15) is 22.8 Å². The van der Waals surface area contributed by atoms with Crippen LogP contribution < -0.4 is 0 Å². The minimum absolute atomic E-state index is 0.143. The van der Waals surface area contributed by atoms with Crippen molar-refractivity contribution < 1.29 is 22.8 Å². The summed E-state index contributed by atoms with van der Waals surface area (Å²) in [7, 11) is 0. The molecule has 0 aliphatic heterocycles. The minimum atomic E-state index is -4.43. The van der Waals surface area contributed by atoms with Gasteiger partial charge >= 0.3 is 6.18 Å². The van der Waals surface area contributed by atoms with Crippen LogP contribution in [0.3, 0.4) is 0 Å². The molecule has 0 spiro atoms. The highest BCUT2D eigenvalue weighted by Gasteiger charge is 2.36. The molecule has 0 radical (unpaired) electrons. The topological polar surface area (TPSA) is 34.1 Å². The molecule has 1 aliphatic carbocycles. The zero-order valence-electron chi connectivity index (χ0n) is 13.4. The summed E-state index contributed by atoms with van der Waals surface area (Å²) in [5.74, 6) is -0.851. The summed E-state index contributed by atoms with van der Waals surface area (Å²) in [5, 5.41) is 0.387. The van der Waals surface area contributed by atoms with Gasteiger partial charge in [0.1, 0.15) is 6.29 Å². The SMILES string of the molecule is O=CCCc1cc2c(c(Cl)c1Cl)C(=O)C(c1ccc(C(F)(F)F)cc1)C2. The quantitative estimate of drug-likeness (QED) is 0.619. The van der Waals surface area contributed by atoms with E-state index in [1.54, 1.807) is 6.07 Å². The number of fused-ring (bicyclic) bond motifs is 1. The first-order valence-electron chi connectivity index (χ1n) is 7.88. The third-order valence-corrected chi connectivity index (χ3v) is 5.43. The van der Waals surface area contributed by atoms with Crippen molar-refractivity contribution in [2.24, 2.45) is 0 Å². The largest absolute Gasteiger partial charge is 0.416 e. The Kier molecular flexibility index (Phi) is 5.13. The summed E-state index contributed by atoms with van der Waals surface area (Å²) in [6.45, 7) is 0. The Labute approximate surface area is 157 Å². The molecule has 3 rings (SSSR count). The van der Waals surface area contributed by atoms with Gasteiger partial charge in [0.05, 0.1) is 21.5 Å². The molecule has 0 amide bonds. The van der Waals surface area contributed by atoms with Gasteiger partial charge in [0, 0.05) is 12.0 Å². The second-order valence-electron chi connectivity index (χ2n) is 6.14. The second-order valence-corrected chi connectivity index (χ2v) is 6.90. The molecule has 1 unspecified atom stereocenters. The molecule has 2 aromatic rings. The van der Waals surface area contributed by atoms with Crippen LogP contribution >= 0.6 is 23.2 Å². The average Bonchev–Trinajstić information content (AvgIpc) is 2.93. The van der Waals surface area contributed by atoms with E-state index < -0.39 is 17.7 Å². The number of carbonyl (C=O) groups excluding carboxylic acids is 2. The number of halogens is 5. The van der Waals surface area contributed by atoms with Gasteiger partial charge in [-0.1, -0.05) is 41.4 Å². The smallest absolute Gasteiger partial charge is 0.303 e. The maximum atomic E-state index is 12.8. The van der Waals surface area contributed by atoms with Crippen molar-refractivity contribution in [1.82, 2.24) is 0 Å². The number of aldehydes is 1. The van der Waals surface area contributed by atoms with Gasteiger partial charge in [0.2, 0.25) is 0 Å². The first-order valence-corrected chi connectivity index (χ1v) is 8.64. The molecule has 0 aromatic heterocycles. The highest BCUT2D eigenvalue weighted by atomic mass is 35.5. The summed E-state index contributed by atoms with van der Waals surface area (Å²) < 4.78 is 38.1. The number of benzene rings is 2. The Morgan fingerprint density at radius 2 is 1.77 bits per heavy atom. The minimum Gasteiger partial charge on any atom is -0.303 e. The van der Waals surface area contributed by atoms with E-state index in [4.69, 9.17) is 23.2 Å². The normalized spacial score (nSPS) is 16.7. The fraction of sp³-hybridized carbons (Fsp3) is 0.263. The van der Waals surface area contributed by atoms with Crippen LogP contribution in [0.1, 0.15) is 45.0 Å². The lowest BCUT2D eigenvalue weighted by molar-refractivity contribution is -0.137. The van der Waals surface area contributed by atoms with Crippen molar-refractivity contribution in [3.8, 4) is 0 Å². The molecular formula is C19H13Cl2F3O2. The number of carbonyl (C=O) groups is 2. The molecule has 7 heteroatoms. The molecule has 136 valence electrons. The van der Waals surface area contributed by atoms with E-state index in [0.29, 0.717) is 35.1 Å². The number of rotatable bonds is 4. The lowest BCUT2D eigenvalue weighted by Gasteiger charge is -2.11. The van der Waals surface area contributed by atoms with E-state index in [1.807, 2.05) is 0 Å². The lowest BCUT2D eigenvalue weighted by atomic mass is 9.94. The van der Waals surface area contributed by atoms with Crippen molar-refractivity contribution in [3.05, 3.63) is 68.2 Å². The average molecular weight is 401 g/mol. The van der Waals surface area contributed by atoms with E-state index >= 15 is 0 Å². The maximum absolute atomic E-state index is 12.8. The van der Waals surface area contributed by atoms with Crippen LogP contribution in [0.15, 0.2) is 30.3 Å². The van der Waals surface area contributed by atoms with Crippen molar-refractivity contribution in [3.63, 3.8) is 0 Å². The van der Waals surface area contributed by atoms with Gasteiger partial charge < -0.3 is 4.79 Å². The summed E-state index contributed by atoms with van der Waals surface area (Å²) in [6.07, 6.45) is -2.62. The number of alkyl halides is 3. The monoisotopic (exact) mass is 400 g/mol. The van der Waals surface area contributed by atoms with Crippen LogP contribution in [-0.4, -0.2) is 12.1 Å². The maximum Gasteiger partial charge on any atom is 0.416 e. The summed E-state index contributed by atoms with van der Waals surface area (Å²) in [5.41, 5.74) is 1.44. The predicted molar refractivity (Wildman–Crippen MR) is 93.1 cm³/mol. The highest BCUT2D eigenvalue weighted by molar-refractivity contribution is 6.45. The third kappa shape index (κ3) is 3.38. The Hall–Kier alpha value is -1.85. The van der Waals surface area contributed by atoms with Crippen molar-refractivity contribution in [2.45, 2.75) is 31.4 Å². The predicted octanol–water partition coefficient (Wildman–Crippen LogP) is 5.67. The van der Waals surface area contributed by atoms with Gasteiger partial charge in [-0.05, 0) is 41.7 Å². The molecule has 26 heavy (non-hydrogen) atoms. The van der Waals surface area contributed by atoms with Crippen LogP contribution in [0.25, 0.3) is 0 Å². The molecule has 0 fully saturated rings. The second kappa shape index (κ2) is 7.05. The number of hydrogen-bond donors (Lipinski definition) is 0. The Morgan fingerprint density at radius 1 is 1.12 bits per heavy atom. The Bertz CT molecular complexity index is 874. The van der Waals surface area contributed by atoms with Crippen molar-refractivity contribution in [1.29, 1.82) is 0 Å². The number of hydrogen-bond acceptors (Lipinski definition) is 2. The molecule has 1 atom stereocenters. The molecule has 0 N–H and O–H groups in total. The zero-order valence-corrected chi connectivity index (χ0v) is 14.9. The van der Waals surface area contributed by atoms with Crippen molar-refractivity contribution in [2.75, 3.05) is 0 Å². The fourth-order valence-corrected chi connectivity index (χ4v) is 3.80. The van der Waals surface area contributed by atoms with Crippen LogP contribution in [0, 0.1) is 0 Å². The summed E-state index contributed by atoms with van der Waals surface area (Å²) in [4.78, 5) is 23.3. The number of ketones is 1. The van der Waals surface area contributed by atoms with E-state index in [-0.39, 0.29) is 22.2 Å². The molecule has 0 saturated carbocycles. The number of aryl methyl sites for hydroxylation is 1. The van der Waals surface area contributed by atoms with Crippen molar-refractivity contribution >= 4 is 35.3 Å². The molecule has 0 heterocycles. The first kappa shape index (κ1) is 18.9. The van der Waals surface area contributed by atoms with Gasteiger partial charge in [0.25, 0.3) is 0 Å². The zero-order chi connectivity index (χ0) is 19.1. The van der Waals surface area contributed by atoms with Gasteiger partial charge in [0.15, 0.2) is 5.78 Å². The molecule has 0 bridgehead atoms. The molecular weight excluding hydrogens is 388 g/mol. The first-order chi connectivity index (χ1) is 12.2. The summed E-state index contributed by atoms with van der Waals surface area (Å²) in [6, 6.07) is 6.33. The van der Waals surface area contributed by atoms with Crippen LogP contribution in [0.5, 0.6) is 0 Å². The van der Waals surface area contributed by atoms with Gasteiger partial charge in [-0.25, -0.2) is 0 Å². The van der Waals surface area contributed by atoms with Crippen LogP contribution in [-0.2, 0) is 23.8 Å². The Morgan fingerprint density at radius 3 is 2.35 bits per heavy atom. The van der Waals surface area contributed by atoms with E-state index in [0.717, 1.165) is 18.4 Å². The molecule has 1 aliphatic rings. The van der Waals surface area contributed by atoms with Gasteiger partial charge in [-0.3, -0.25) is 4.79 Å². The number of Topliss-reactive ketones (excluding diaryl/α,β-unsaturated/α-hetero) is 1. The van der Waals surface area contributed by atoms with Crippen LogP contribution in [0.2, 0.25) is 10.0 Å². The molecule has 2 aromatic carbocycles. The lowest BCUT2D eigenvalue weighted by Crippen LogP contribution is -2.09. The molecule has 2 nitrogen and oxygen atoms in total. The standard InChI is InChI=1S/C19H13Cl2F3O2/c20-16-11(2-1-7-25)8-12-9-14(18(26)15(12)17(16)21)10-3-5-13(6-4-10)19(22,23)24/h3-8,14H,1-2,9H2. The molecule has 0 saturated heterocycles. The van der Waals surface area contributed by atoms with Crippen LogP contribution in [0.4, 0.5) is 13.2 Å². The highest BCUT2D eigenvalue weighted by Crippen LogP contribution is 2.42. The van der Waals surface area contributed by atoms with Gasteiger partial charge in [-0.15, -0.1) is 0 Å². The van der Waals surface area contributed by atoms with Gasteiger partial charge in [-0.2, -0.15) is 13.2 Å². The third-order valence-electron chi connectivity index (χ3n) is 4.52. The Balaban J connectivity index is 1.94. The van der Waals surface area contributed by atoms with E-state index in [1.165, 1.54) is 12.1 Å². The van der Waals surface area contributed by atoms with E-state index in [2.05, 4.69) is 0 Å². The summed E-state index contributed by atoms with van der Waals surface area (Å²) >= 11 is 12.5.